The Labute approximate surface area is 176 Å². The van der Waals surface area contributed by atoms with Crippen LogP contribution in [-0.4, -0.2) is 7.85 Å². The number of benzene rings is 5. The van der Waals surface area contributed by atoms with Gasteiger partial charge in [-0.05, 0) is 57.3 Å². The predicted octanol–water partition coefficient (Wildman–Crippen LogP) is 6.87. The Morgan fingerprint density at radius 3 is 2.17 bits per heavy atom. The lowest BCUT2D eigenvalue weighted by Gasteiger charge is -2.11. The molecular weight excluding hydrogens is 363 g/mol. The van der Waals surface area contributed by atoms with Gasteiger partial charge in [0, 0.05) is 10.8 Å². The van der Waals surface area contributed by atoms with Gasteiger partial charge in [-0.2, -0.15) is 0 Å². The van der Waals surface area contributed by atoms with Crippen molar-refractivity contribution in [3.63, 3.8) is 0 Å². The van der Waals surface area contributed by atoms with Gasteiger partial charge in [0.05, 0.1) is 0 Å². The van der Waals surface area contributed by atoms with E-state index in [9.17, 15) is 0 Å². The summed E-state index contributed by atoms with van der Waals surface area (Å²) in [4.78, 5) is 0. The van der Waals surface area contributed by atoms with Gasteiger partial charge in [0.15, 0.2) is 0 Å². The summed E-state index contributed by atoms with van der Waals surface area (Å²) in [5.74, 6) is 0. The summed E-state index contributed by atoms with van der Waals surface area (Å²) in [6, 6.07) is 35.7. The van der Waals surface area contributed by atoms with Crippen LogP contribution in [0.25, 0.3) is 55.0 Å². The molecule has 6 rings (SSSR count). The van der Waals surface area contributed by atoms with E-state index in [1.165, 1.54) is 16.3 Å². The Morgan fingerprint density at radius 2 is 1.23 bits per heavy atom. The highest BCUT2D eigenvalue weighted by Gasteiger charge is 2.10. The second-order valence-corrected chi connectivity index (χ2v) is 7.68. The van der Waals surface area contributed by atoms with Gasteiger partial charge in [-0.25, -0.2) is 0 Å². The molecule has 0 saturated heterocycles. The first-order valence-corrected chi connectivity index (χ1v) is 10.1. The summed E-state index contributed by atoms with van der Waals surface area (Å²) in [6.45, 7) is 0. The van der Waals surface area contributed by atoms with E-state index in [-0.39, 0.29) is 0 Å². The van der Waals surface area contributed by atoms with E-state index >= 15 is 0 Å². The fourth-order valence-corrected chi connectivity index (χ4v) is 4.36. The Kier molecular flexibility index (Phi) is 3.79. The molecule has 0 bridgehead atoms. The molecule has 0 aliphatic heterocycles. The average molecular weight is 380 g/mol. The van der Waals surface area contributed by atoms with Crippen molar-refractivity contribution >= 4 is 46.0 Å². The maximum Gasteiger partial charge on any atom is 0.135 e. The molecule has 0 N–H and O–H groups in total. The van der Waals surface area contributed by atoms with Gasteiger partial charge in [-0.1, -0.05) is 84.3 Å². The lowest BCUT2D eigenvalue weighted by molar-refractivity contribution is 0.669. The van der Waals surface area contributed by atoms with Gasteiger partial charge in [0.1, 0.15) is 19.0 Å². The minimum atomic E-state index is 0.757. The number of rotatable bonds is 2. The fraction of sp³-hybridized carbons (Fsp3) is 0. The molecule has 2 heteroatoms. The van der Waals surface area contributed by atoms with E-state index in [1.54, 1.807) is 0 Å². The van der Waals surface area contributed by atoms with Gasteiger partial charge in [-0.15, -0.1) is 0 Å². The highest BCUT2D eigenvalue weighted by molar-refractivity contribution is 6.33. The van der Waals surface area contributed by atoms with Crippen LogP contribution < -0.4 is 5.46 Å². The maximum absolute atomic E-state index is 6.34. The summed E-state index contributed by atoms with van der Waals surface area (Å²) in [5.41, 5.74) is 7.11. The molecule has 0 unspecified atom stereocenters. The third kappa shape index (κ3) is 2.73. The standard InChI is InChI=1S/C28H17BO/c29-22-15-20(14-21(16-22)24-10-5-7-18-6-1-2-8-23(18)24)19-12-13-28-26(17-19)25-9-3-4-11-27(25)30-28/h1-17H. The zero-order valence-corrected chi connectivity index (χ0v) is 16.3. The molecular formula is C28H17BO. The Balaban J connectivity index is 1.56. The zero-order valence-electron chi connectivity index (χ0n) is 16.3. The Bertz CT molecular complexity index is 1550. The van der Waals surface area contributed by atoms with Crippen LogP contribution in [0.1, 0.15) is 0 Å². The molecule has 2 radical (unpaired) electrons. The second-order valence-electron chi connectivity index (χ2n) is 7.68. The molecule has 0 spiro atoms. The molecule has 0 amide bonds. The largest absolute Gasteiger partial charge is 0.456 e. The molecule has 30 heavy (non-hydrogen) atoms. The average Bonchev–Trinajstić information content (AvgIpc) is 3.16. The van der Waals surface area contributed by atoms with Crippen LogP contribution in [0.15, 0.2) is 108 Å². The lowest BCUT2D eigenvalue weighted by atomic mass is 9.87. The molecule has 0 aliphatic carbocycles. The van der Waals surface area contributed by atoms with Crippen molar-refractivity contribution in [3.05, 3.63) is 103 Å². The zero-order chi connectivity index (χ0) is 20.1. The van der Waals surface area contributed by atoms with E-state index in [0.717, 1.165) is 44.1 Å². The second kappa shape index (κ2) is 6.64. The van der Waals surface area contributed by atoms with E-state index in [1.807, 2.05) is 30.3 Å². The van der Waals surface area contributed by atoms with Crippen LogP contribution in [-0.2, 0) is 0 Å². The SMILES string of the molecule is [B]c1cc(-c2ccc3oc4ccccc4c3c2)cc(-c2cccc3ccccc23)c1. The van der Waals surface area contributed by atoms with E-state index < -0.39 is 0 Å². The van der Waals surface area contributed by atoms with E-state index in [2.05, 4.69) is 72.8 Å². The minimum absolute atomic E-state index is 0.757. The monoisotopic (exact) mass is 380 g/mol. The summed E-state index contributed by atoms with van der Waals surface area (Å²) in [5, 5.41) is 4.71. The van der Waals surface area contributed by atoms with Crippen molar-refractivity contribution in [2.45, 2.75) is 0 Å². The van der Waals surface area contributed by atoms with Crippen molar-refractivity contribution in [2.75, 3.05) is 0 Å². The number of para-hydroxylation sites is 1. The number of furan rings is 1. The van der Waals surface area contributed by atoms with Crippen LogP contribution in [0, 0.1) is 0 Å². The Hall–Kier alpha value is -3.78. The maximum atomic E-state index is 6.34. The van der Waals surface area contributed by atoms with Crippen LogP contribution in [0.3, 0.4) is 0 Å². The molecule has 1 aromatic heterocycles. The van der Waals surface area contributed by atoms with Crippen LogP contribution in [0.5, 0.6) is 0 Å². The number of fused-ring (bicyclic) bond motifs is 4. The van der Waals surface area contributed by atoms with Gasteiger partial charge in [0.25, 0.3) is 0 Å². The van der Waals surface area contributed by atoms with Crippen LogP contribution >= 0.6 is 0 Å². The first kappa shape index (κ1) is 17.1. The molecule has 6 aromatic rings. The third-order valence-corrected chi connectivity index (χ3v) is 5.77. The van der Waals surface area contributed by atoms with Crippen LogP contribution in [0.2, 0.25) is 0 Å². The highest BCUT2D eigenvalue weighted by Crippen LogP contribution is 2.34. The fourth-order valence-electron chi connectivity index (χ4n) is 4.36. The summed E-state index contributed by atoms with van der Waals surface area (Å²) >= 11 is 0. The highest BCUT2D eigenvalue weighted by atomic mass is 16.3. The van der Waals surface area contributed by atoms with Gasteiger partial charge < -0.3 is 4.42 Å². The first-order valence-electron chi connectivity index (χ1n) is 10.1. The molecule has 1 heterocycles. The number of hydrogen-bond donors (Lipinski definition) is 0. The van der Waals surface area contributed by atoms with Crippen molar-refractivity contribution in [2.24, 2.45) is 0 Å². The number of hydrogen-bond acceptors (Lipinski definition) is 1. The predicted molar refractivity (Wildman–Crippen MR) is 127 cm³/mol. The summed E-state index contributed by atoms with van der Waals surface area (Å²) < 4.78 is 5.98. The summed E-state index contributed by atoms with van der Waals surface area (Å²) in [6.07, 6.45) is 0. The van der Waals surface area contributed by atoms with E-state index in [0.29, 0.717) is 0 Å². The molecule has 0 saturated carbocycles. The molecule has 0 atom stereocenters. The van der Waals surface area contributed by atoms with Crippen molar-refractivity contribution in [1.29, 1.82) is 0 Å². The molecule has 138 valence electrons. The van der Waals surface area contributed by atoms with Crippen molar-refractivity contribution in [1.82, 2.24) is 0 Å². The minimum Gasteiger partial charge on any atom is -0.456 e. The van der Waals surface area contributed by atoms with Crippen molar-refractivity contribution < 1.29 is 4.42 Å². The van der Waals surface area contributed by atoms with Crippen LogP contribution in [0.4, 0.5) is 0 Å². The molecule has 0 fully saturated rings. The van der Waals surface area contributed by atoms with E-state index in [4.69, 9.17) is 12.3 Å². The quantitative estimate of drug-likeness (QED) is 0.299. The molecule has 1 nitrogen and oxygen atoms in total. The molecule has 5 aromatic carbocycles. The van der Waals surface area contributed by atoms with Gasteiger partial charge in [-0.3, -0.25) is 0 Å². The topological polar surface area (TPSA) is 13.1 Å². The van der Waals surface area contributed by atoms with Gasteiger partial charge >= 0.3 is 0 Å². The van der Waals surface area contributed by atoms with Crippen molar-refractivity contribution in [3.8, 4) is 22.3 Å². The summed E-state index contributed by atoms with van der Waals surface area (Å²) in [7, 11) is 6.34. The van der Waals surface area contributed by atoms with Gasteiger partial charge in [0.2, 0.25) is 0 Å². The third-order valence-electron chi connectivity index (χ3n) is 5.77. The molecule has 0 aliphatic rings. The lowest BCUT2D eigenvalue weighted by Crippen LogP contribution is -2.02. The Morgan fingerprint density at radius 1 is 0.500 bits per heavy atom. The smallest absolute Gasteiger partial charge is 0.135 e. The first-order chi connectivity index (χ1) is 14.8. The normalized spacial score (nSPS) is 11.5.